The first-order valence-corrected chi connectivity index (χ1v) is 8.76. The molecule has 0 radical (unpaired) electrons. The van der Waals surface area contributed by atoms with Gasteiger partial charge in [0.15, 0.2) is 0 Å². The monoisotopic (exact) mass is 375 g/mol. The molecule has 1 unspecified atom stereocenters. The third-order valence-electron chi connectivity index (χ3n) is 3.47. The number of hydrogen-bond donors (Lipinski definition) is 1. The van der Waals surface area contributed by atoms with E-state index < -0.39 is 16.1 Å². The van der Waals surface area contributed by atoms with Crippen LogP contribution in [-0.2, 0) is 14.8 Å². The number of nitrogen functional groups attached to an aromatic ring is 1. The van der Waals surface area contributed by atoms with Gasteiger partial charge in [-0.3, -0.25) is 4.79 Å². The minimum Gasteiger partial charge on any atom is -0.399 e. The fraction of sp³-hybridized carbons (Fsp3) is 0.462. The lowest BCUT2D eigenvalue weighted by Gasteiger charge is -2.26. The van der Waals surface area contributed by atoms with Crippen molar-refractivity contribution in [2.45, 2.75) is 23.8 Å². The van der Waals surface area contributed by atoms with Gasteiger partial charge in [0.1, 0.15) is 6.04 Å². The Morgan fingerprint density at radius 2 is 2.10 bits per heavy atom. The van der Waals surface area contributed by atoms with Gasteiger partial charge in [-0.05, 0) is 47.0 Å². The summed E-state index contributed by atoms with van der Waals surface area (Å²) < 4.78 is 27.3. The maximum absolute atomic E-state index is 12.8. The van der Waals surface area contributed by atoms with Crippen molar-refractivity contribution in [1.29, 1.82) is 0 Å². The second-order valence-corrected chi connectivity index (χ2v) is 7.91. The number of benzene rings is 1. The summed E-state index contributed by atoms with van der Waals surface area (Å²) in [7, 11) is -0.471. The molecule has 2 rings (SSSR count). The molecule has 0 spiro atoms. The first-order chi connectivity index (χ1) is 9.75. The molecule has 1 aliphatic heterocycles. The minimum absolute atomic E-state index is 0.134. The summed E-state index contributed by atoms with van der Waals surface area (Å²) in [6.07, 6.45) is 1.22. The number of amides is 1. The largest absolute Gasteiger partial charge is 0.399 e. The number of nitrogens with two attached hydrogens (primary N) is 1. The van der Waals surface area contributed by atoms with E-state index in [0.29, 0.717) is 29.5 Å². The fourth-order valence-electron chi connectivity index (χ4n) is 2.43. The topological polar surface area (TPSA) is 83.7 Å². The van der Waals surface area contributed by atoms with E-state index in [4.69, 9.17) is 5.73 Å². The first-order valence-electron chi connectivity index (χ1n) is 6.53. The lowest BCUT2D eigenvalue weighted by molar-refractivity contribution is -0.132. The standard InChI is InChI=1S/C13H18BrN3O3S/c1-16(2)13(18)11-4-3-7-17(11)21(19,20)12-6-5-9(15)8-10(12)14/h5-6,8,11H,3-4,7,15H2,1-2H3. The van der Waals surface area contributed by atoms with Crippen molar-refractivity contribution in [1.82, 2.24) is 9.21 Å². The van der Waals surface area contributed by atoms with Gasteiger partial charge >= 0.3 is 0 Å². The van der Waals surface area contributed by atoms with Crippen molar-refractivity contribution in [2.75, 3.05) is 26.4 Å². The molecule has 1 aromatic rings. The molecule has 0 saturated carbocycles. The van der Waals surface area contributed by atoms with Crippen LogP contribution in [-0.4, -0.2) is 50.2 Å². The van der Waals surface area contributed by atoms with E-state index in [0.717, 1.165) is 0 Å². The molecule has 1 fully saturated rings. The molecule has 1 saturated heterocycles. The molecule has 21 heavy (non-hydrogen) atoms. The second kappa shape index (κ2) is 5.94. The predicted octanol–water partition coefficient (Wildman–Crippen LogP) is 1.27. The van der Waals surface area contributed by atoms with Crippen LogP contribution in [0.3, 0.4) is 0 Å². The molecule has 6 nitrogen and oxygen atoms in total. The van der Waals surface area contributed by atoms with Gasteiger partial charge in [-0.1, -0.05) is 0 Å². The Kier molecular flexibility index (Phi) is 4.60. The number of carbonyl (C=O) groups is 1. The Labute approximate surface area is 133 Å². The number of hydrogen-bond acceptors (Lipinski definition) is 4. The van der Waals surface area contributed by atoms with Crippen LogP contribution in [0.4, 0.5) is 5.69 Å². The molecule has 1 amide bonds. The van der Waals surface area contributed by atoms with Crippen LogP contribution in [0.25, 0.3) is 0 Å². The Hall–Kier alpha value is -1.12. The van der Waals surface area contributed by atoms with Crippen molar-refractivity contribution in [3.05, 3.63) is 22.7 Å². The number of likely N-dealkylation sites (N-methyl/N-ethyl adjacent to an activating group) is 1. The van der Waals surface area contributed by atoms with Crippen LogP contribution >= 0.6 is 15.9 Å². The fourth-order valence-corrected chi connectivity index (χ4v) is 5.13. The van der Waals surface area contributed by atoms with Gasteiger partial charge in [-0.15, -0.1) is 0 Å². The maximum Gasteiger partial charge on any atom is 0.244 e. The zero-order valence-corrected chi connectivity index (χ0v) is 14.3. The summed E-state index contributed by atoms with van der Waals surface area (Å²) >= 11 is 3.23. The molecule has 1 heterocycles. The lowest BCUT2D eigenvalue weighted by atomic mass is 10.2. The molecule has 0 aromatic heterocycles. The molecule has 0 bridgehead atoms. The summed E-state index contributed by atoms with van der Waals surface area (Å²) in [5.41, 5.74) is 6.12. The van der Waals surface area contributed by atoms with Crippen LogP contribution in [0, 0.1) is 0 Å². The van der Waals surface area contributed by atoms with Gasteiger partial charge in [0.25, 0.3) is 0 Å². The maximum atomic E-state index is 12.8. The quantitative estimate of drug-likeness (QED) is 0.806. The first kappa shape index (κ1) is 16.3. The second-order valence-electron chi connectivity index (χ2n) is 5.20. The zero-order valence-electron chi connectivity index (χ0n) is 11.9. The number of rotatable bonds is 3. The molecule has 0 aliphatic carbocycles. The highest BCUT2D eigenvalue weighted by Gasteiger charge is 2.40. The zero-order chi connectivity index (χ0) is 15.8. The molecular formula is C13H18BrN3O3S. The molecule has 2 N–H and O–H groups in total. The third-order valence-corrected chi connectivity index (χ3v) is 6.36. The SMILES string of the molecule is CN(C)C(=O)C1CCCN1S(=O)(=O)c1ccc(N)cc1Br. The highest BCUT2D eigenvalue weighted by molar-refractivity contribution is 9.10. The summed E-state index contributed by atoms with van der Waals surface area (Å²) in [5, 5.41) is 0. The van der Waals surface area contributed by atoms with Crippen LogP contribution in [0.15, 0.2) is 27.6 Å². The van der Waals surface area contributed by atoms with E-state index >= 15 is 0 Å². The molecule has 8 heteroatoms. The van der Waals surface area contributed by atoms with Gasteiger partial charge in [-0.2, -0.15) is 4.31 Å². The highest BCUT2D eigenvalue weighted by atomic mass is 79.9. The van der Waals surface area contributed by atoms with Crippen molar-refractivity contribution < 1.29 is 13.2 Å². The number of sulfonamides is 1. The average Bonchev–Trinajstić information content (AvgIpc) is 2.86. The predicted molar refractivity (Wildman–Crippen MR) is 84.2 cm³/mol. The number of halogens is 1. The summed E-state index contributed by atoms with van der Waals surface area (Å²) in [6.45, 7) is 0.351. The Balaban J connectivity index is 2.41. The van der Waals surface area contributed by atoms with E-state index in [1.165, 1.54) is 21.3 Å². The van der Waals surface area contributed by atoms with Crippen LogP contribution in [0.5, 0.6) is 0 Å². The van der Waals surface area contributed by atoms with Crippen molar-refractivity contribution in [2.24, 2.45) is 0 Å². The highest BCUT2D eigenvalue weighted by Crippen LogP contribution is 2.31. The van der Waals surface area contributed by atoms with Crippen LogP contribution < -0.4 is 5.73 Å². The van der Waals surface area contributed by atoms with E-state index in [1.807, 2.05) is 0 Å². The lowest BCUT2D eigenvalue weighted by Crippen LogP contribution is -2.45. The molecule has 1 atom stereocenters. The van der Waals surface area contributed by atoms with Gasteiger partial charge in [0.05, 0.1) is 4.90 Å². The van der Waals surface area contributed by atoms with Gasteiger partial charge in [-0.25, -0.2) is 8.42 Å². The van der Waals surface area contributed by atoms with Crippen LogP contribution in [0.2, 0.25) is 0 Å². The molecular weight excluding hydrogens is 358 g/mol. The third kappa shape index (κ3) is 3.07. The summed E-state index contributed by atoms with van der Waals surface area (Å²) in [6, 6.07) is 3.92. The van der Waals surface area contributed by atoms with Crippen molar-refractivity contribution in [3.63, 3.8) is 0 Å². The normalized spacial score (nSPS) is 19.7. The summed E-state index contributed by atoms with van der Waals surface area (Å²) in [5.74, 6) is -0.192. The van der Waals surface area contributed by atoms with E-state index in [9.17, 15) is 13.2 Å². The van der Waals surface area contributed by atoms with Crippen molar-refractivity contribution >= 4 is 37.5 Å². The minimum atomic E-state index is -3.73. The number of nitrogens with zero attached hydrogens (tertiary/aromatic N) is 2. The molecule has 1 aromatic carbocycles. The Morgan fingerprint density at radius 3 is 2.67 bits per heavy atom. The van der Waals surface area contributed by atoms with E-state index in [-0.39, 0.29) is 10.8 Å². The Morgan fingerprint density at radius 1 is 1.43 bits per heavy atom. The van der Waals surface area contributed by atoms with E-state index in [1.54, 1.807) is 20.2 Å². The average molecular weight is 376 g/mol. The summed E-state index contributed by atoms with van der Waals surface area (Å²) in [4.78, 5) is 13.7. The molecule has 116 valence electrons. The molecule has 1 aliphatic rings. The van der Waals surface area contributed by atoms with Crippen LogP contribution in [0.1, 0.15) is 12.8 Å². The van der Waals surface area contributed by atoms with Gasteiger partial charge in [0, 0.05) is 30.8 Å². The number of anilines is 1. The van der Waals surface area contributed by atoms with Gasteiger partial charge in [0.2, 0.25) is 15.9 Å². The Bertz CT molecular complexity index is 661. The van der Waals surface area contributed by atoms with Crippen molar-refractivity contribution in [3.8, 4) is 0 Å². The van der Waals surface area contributed by atoms with Gasteiger partial charge < -0.3 is 10.6 Å². The van der Waals surface area contributed by atoms with E-state index in [2.05, 4.69) is 15.9 Å². The number of carbonyl (C=O) groups excluding carboxylic acids is 1. The smallest absolute Gasteiger partial charge is 0.244 e.